The standard InChI is InChI=1S/C16H13ClN4O2/c17-11-3-5-12(6-4-11)20-15(22)14-7-8-18-16(21-14)19-10-13-2-1-9-23-13/h1-9H,10H2,(H,20,22)(H,18,19,21). The van der Waals surface area contributed by atoms with E-state index in [2.05, 4.69) is 20.6 Å². The van der Waals surface area contributed by atoms with Crippen molar-refractivity contribution in [3.63, 3.8) is 0 Å². The van der Waals surface area contributed by atoms with E-state index in [9.17, 15) is 4.79 Å². The van der Waals surface area contributed by atoms with Gasteiger partial charge in [-0.1, -0.05) is 11.6 Å². The lowest BCUT2D eigenvalue weighted by atomic mass is 10.3. The third-order valence-corrected chi connectivity index (χ3v) is 3.24. The third-order valence-electron chi connectivity index (χ3n) is 2.99. The van der Waals surface area contributed by atoms with E-state index in [0.29, 0.717) is 23.2 Å². The number of hydrogen-bond acceptors (Lipinski definition) is 5. The summed E-state index contributed by atoms with van der Waals surface area (Å²) in [4.78, 5) is 20.5. The number of nitrogens with one attached hydrogen (secondary N) is 2. The molecule has 3 aromatic rings. The number of rotatable bonds is 5. The lowest BCUT2D eigenvalue weighted by Gasteiger charge is -2.07. The van der Waals surface area contributed by atoms with E-state index in [1.54, 1.807) is 42.7 Å². The van der Waals surface area contributed by atoms with Gasteiger partial charge < -0.3 is 15.1 Å². The normalized spacial score (nSPS) is 10.3. The van der Waals surface area contributed by atoms with Crippen molar-refractivity contribution in [2.24, 2.45) is 0 Å². The van der Waals surface area contributed by atoms with Gasteiger partial charge in [0.05, 0.1) is 12.8 Å². The molecule has 0 aliphatic rings. The maximum atomic E-state index is 12.2. The van der Waals surface area contributed by atoms with Gasteiger partial charge in [-0.3, -0.25) is 4.79 Å². The minimum absolute atomic E-state index is 0.261. The van der Waals surface area contributed by atoms with Crippen LogP contribution in [0.15, 0.2) is 59.3 Å². The molecule has 23 heavy (non-hydrogen) atoms. The number of amides is 1. The molecule has 0 spiro atoms. The highest BCUT2D eigenvalue weighted by atomic mass is 35.5. The predicted molar refractivity (Wildman–Crippen MR) is 87.5 cm³/mol. The zero-order valence-corrected chi connectivity index (χ0v) is 12.7. The number of benzene rings is 1. The van der Waals surface area contributed by atoms with Crippen molar-refractivity contribution < 1.29 is 9.21 Å². The molecule has 0 radical (unpaired) electrons. The van der Waals surface area contributed by atoms with Crippen molar-refractivity contribution in [2.75, 3.05) is 10.6 Å². The molecule has 0 fully saturated rings. The molecule has 1 aromatic carbocycles. The van der Waals surface area contributed by atoms with Crippen molar-refractivity contribution in [3.8, 4) is 0 Å². The highest BCUT2D eigenvalue weighted by Crippen LogP contribution is 2.14. The van der Waals surface area contributed by atoms with E-state index >= 15 is 0 Å². The van der Waals surface area contributed by atoms with E-state index in [1.165, 1.54) is 6.20 Å². The van der Waals surface area contributed by atoms with Crippen LogP contribution in [-0.4, -0.2) is 15.9 Å². The highest BCUT2D eigenvalue weighted by Gasteiger charge is 2.09. The topological polar surface area (TPSA) is 80.0 Å². The van der Waals surface area contributed by atoms with Crippen LogP contribution in [0.2, 0.25) is 5.02 Å². The quantitative estimate of drug-likeness (QED) is 0.748. The van der Waals surface area contributed by atoms with Crippen LogP contribution >= 0.6 is 11.6 Å². The number of carbonyl (C=O) groups is 1. The van der Waals surface area contributed by atoms with Gasteiger partial charge in [0, 0.05) is 16.9 Å². The molecule has 2 heterocycles. The van der Waals surface area contributed by atoms with Gasteiger partial charge in [-0.25, -0.2) is 9.97 Å². The maximum Gasteiger partial charge on any atom is 0.274 e. The summed E-state index contributed by atoms with van der Waals surface area (Å²) in [5, 5.41) is 6.35. The van der Waals surface area contributed by atoms with Crippen LogP contribution < -0.4 is 10.6 Å². The van der Waals surface area contributed by atoms with Crippen molar-refractivity contribution in [3.05, 3.63) is 71.4 Å². The Balaban J connectivity index is 1.66. The molecule has 116 valence electrons. The molecule has 6 nitrogen and oxygen atoms in total. The Labute approximate surface area is 137 Å². The van der Waals surface area contributed by atoms with Crippen molar-refractivity contribution in [1.82, 2.24) is 9.97 Å². The number of halogens is 1. The Bertz CT molecular complexity index is 788. The molecule has 0 unspecified atom stereocenters. The molecule has 0 bridgehead atoms. The molecule has 0 aliphatic carbocycles. The molecule has 7 heteroatoms. The monoisotopic (exact) mass is 328 g/mol. The smallest absolute Gasteiger partial charge is 0.274 e. The summed E-state index contributed by atoms with van der Waals surface area (Å²) in [5.41, 5.74) is 0.903. The van der Waals surface area contributed by atoms with Crippen LogP contribution in [0.3, 0.4) is 0 Å². The molecule has 2 N–H and O–H groups in total. The number of nitrogens with zero attached hydrogens (tertiary/aromatic N) is 2. The molecular formula is C16H13ClN4O2. The van der Waals surface area contributed by atoms with E-state index in [-0.39, 0.29) is 11.6 Å². The van der Waals surface area contributed by atoms with Gasteiger partial charge in [0.25, 0.3) is 5.91 Å². The zero-order chi connectivity index (χ0) is 16.1. The average molecular weight is 329 g/mol. The number of hydrogen-bond donors (Lipinski definition) is 2. The van der Waals surface area contributed by atoms with E-state index in [4.69, 9.17) is 16.0 Å². The second-order valence-corrected chi connectivity index (χ2v) is 5.10. The number of furan rings is 1. The first-order valence-electron chi connectivity index (χ1n) is 6.87. The Morgan fingerprint density at radius 3 is 2.74 bits per heavy atom. The fourth-order valence-corrected chi connectivity index (χ4v) is 2.00. The van der Waals surface area contributed by atoms with Crippen LogP contribution in [0.5, 0.6) is 0 Å². The van der Waals surface area contributed by atoms with E-state index in [0.717, 1.165) is 5.76 Å². The third kappa shape index (κ3) is 4.08. The van der Waals surface area contributed by atoms with Gasteiger partial charge in [0.15, 0.2) is 0 Å². The Morgan fingerprint density at radius 2 is 2.00 bits per heavy atom. The van der Waals surface area contributed by atoms with Crippen molar-refractivity contribution >= 4 is 29.1 Å². The first-order chi connectivity index (χ1) is 11.2. The molecule has 0 atom stereocenters. The van der Waals surface area contributed by atoms with Gasteiger partial charge >= 0.3 is 0 Å². The Morgan fingerprint density at radius 1 is 1.17 bits per heavy atom. The van der Waals surface area contributed by atoms with Crippen molar-refractivity contribution in [2.45, 2.75) is 6.54 Å². The maximum absolute atomic E-state index is 12.2. The van der Waals surface area contributed by atoms with Crippen LogP contribution in [-0.2, 0) is 6.54 Å². The molecule has 0 saturated carbocycles. The summed E-state index contributed by atoms with van der Waals surface area (Å²) < 4.78 is 5.21. The fraction of sp³-hybridized carbons (Fsp3) is 0.0625. The SMILES string of the molecule is O=C(Nc1ccc(Cl)cc1)c1ccnc(NCc2ccco2)n1. The van der Waals surface area contributed by atoms with Gasteiger partial charge in [0.1, 0.15) is 11.5 Å². The Kier molecular flexibility index (Phi) is 4.54. The first-order valence-corrected chi connectivity index (χ1v) is 7.25. The molecular weight excluding hydrogens is 316 g/mol. The number of anilines is 2. The van der Waals surface area contributed by atoms with E-state index in [1.807, 2.05) is 6.07 Å². The molecule has 0 saturated heterocycles. The molecule has 1 amide bonds. The van der Waals surface area contributed by atoms with Crippen LogP contribution in [0.1, 0.15) is 16.2 Å². The molecule has 0 aliphatic heterocycles. The average Bonchev–Trinajstić information content (AvgIpc) is 3.09. The van der Waals surface area contributed by atoms with Crippen LogP contribution in [0.25, 0.3) is 0 Å². The fourth-order valence-electron chi connectivity index (χ4n) is 1.88. The molecule has 3 rings (SSSR count). The predicted octanol–water partition coefficient (Wildman–Crippen LogP) is 3.59. The van der Waals surface area contributed by atoms with Gasteiger partial charge in [-0.15, -0.1) is 0 Å². The highest BCUT2D eigenvalue weighted by molar-refractivity contribution is 6.30. The minimum Gasteiger partial charge on any atom is -0.467 e. The summed E-state index contributed by atoms with van der Waals surface area (Å²) in [5.74, 6) is 0.783. The summed E-state index contributed by atoms with van der Waals surface area (Å²) in [6.07, 6.45) is 3.11. The zero-order valence-electron chi connectivity index (χ0n) is 12.0. The van der Waals surface area contributed by atoms with Crippen LogP contribution in [0, 0.1) is 0 Å². The summed E-state index contributed by atoms with van der Waals surface area (Å²) in [6.45, 7) is 0.440. The minimum atomic E-state index is -0.323. The van der Waals surface area contributed by atoms with E-state index < -0.39 is 0 Å². The first kappa shape index (κ1) is 15.1. The lowest BCUT2D eigenvalue weighted by Crippen LogP contribution is -2.15. The Hall–Kier alpha value is -2.86. The number of carbonyl (C=O) groups excluding carboxylic acids is 1. The summed E-state index contributed by atoms with van der Waals surface area (Å²) >= 11 is 5.81. The van der Waals surface area contributed by atoms with Gasteiger partial charge in [-0.05, 0) is 42.5 Å². The largest absolute Gasteiger partial charge is 0.467 e. The summed E-state index contributed by atoms with van der Waals surface area (Å²) in [7, 11) is 0. The lowest BCUT2D eigenvalue weighted by molar-refractivity contribution is 0.102. The number of aromatic nitrogens is 2. The van der Waals surface area contributed by atoms with Crippen LogP contribution in [0.4, 0.5) is 11.6 Å². The second kappa shape index (κ2) is 6.93. The van der Waals surface area contributed by atoms with Gasteiger partial charge in [-0.2, -0.15) is 0 Å². The van der Waals surface area contributed by atoms with Crippen molar-refractivity contribution in [1.29, 1.82) is 0 Å². The second-order valence-electron chi connectivity index (χ2n) is 4.66. The molecule has 2 aromatic heterocycles. The summed E-state index contributed by atoms with van der Waals surface area (Å²) in [6, 6.07) is 12.0. The van der Waals surface area contributed by atoms with Gasteiger partial charge in [0.2, 0.25) is 5.95 Å².